The second kappa shape index (κ2) is 6.82. The number of ether oxygens (including phenoxy) is 1. The van der Waals surface area contributed by atoms with Gasteiger partial charge in [-0.2, -0.15) is 0 Å². The molecule has 28 heavy (non-hydrogen) atoms. The van der Waals surface area contributed by atoms with Crippen molar-refractivity contribution in [3.8, 4) is 0 Å². The molecule has 146 valence electrons. The number of hydrogen-bond acceptors (Lipinski definition) is 7. The lowest BCUT2D eigenvalue weighted by Gasteiger charge is -2.31. The van der Waals surface area contributed by atoms with Gasteiger partial charge in [0.25, 0.3) is 5.56 Å². The van der Waals surface area contributed by atoms with Gasteiger partial charge in [-0.25, -0.2) is 9.97 Å². The third kappa shape index (κ3) is 2.77. The molecule has 1 amide bonds. The molecule has 0 radical (unpaired) electrons. The first-order chi connectivity index (χ1) is 13.6. The van der Waals surface area contributed by atoms with Gasteiger partial charge in [0.15, 0.2) is 0 Å². The van der Waals surface area contributed by atoms with Crippen molar-refractivity contribution < 1.29 is 9.53 Å². The minimum absolute atomic E-state index is 0.166. The van der Waals surface area contributed by atoms with E-state index in [2.05, 4.69) is 9.88 Å². The largest absolute Gasteiger partial charge is 0.378 e. The van der Waals surface area contributed by atoms with E-state index in [1.165, 1.54) is 33.4 Å². The van der Waals surface area contributed by atoms with Gasteiger partial charge >= 0.3 is 0 Å². The molecule has 3 aromatic rings. The van der Waals surface area contributed by atoms with Crippen molar-refractivity contribution in [2.24, 2.45) is 5.73 Å². The average molecular weight is 399 g/mol. The highest BCUT2D eigenvalue weighted by atomic mass is 32.1. The maximum absolute atomic E-state index is 12.9. The first kappa shape index (κ1) is 17.6. The van der Waals surface area contributed by atoms with Crippen molar-refractivity contribution >= 4 is 43.5 Å². The maximum atomic E-state index is 12.9. The number of fused-ring (bicyclic) bond motifs is 5. The smallest absolute Gasteiger partial charge is 0.271 e. The minimum atomic E-state index is -0.561. The topological polar surface area (TPSA) is 103 Å². The molecular weight excluding hydrogens is 378 g/mol. The summed E-state index contributed by atoms with van der Waals surface area (Å²) in [6, 6.07) is 0. The number of thiophene rings is 1. The zero-order chi connectivity index (χ0) is 19.3. The van der Waals surface area contributed by atoms with Gasteiger partial charge in [-0.3, -0.25) is 14.2 Å². The number of aryl methyl sites for hydroxylation is 1. The molecule has 1 fully saturated rings. The van der Waals surface area contributed by atoms with E-state index in [1.54, 1.807) is 0 Å². The van der Waals surface area contributed by atoms with E-state index in [0.29, 0.717) is 23.4 Å². The van der Waals surface area contributed by atoms with Crippen LogP contribution in [0.15, 0.2) is 11.1 Å². The number of primary amides is 1. The van der Waals surface area contributed by atoms with E-state index in [9.17, 15) is 9.59 Å². The van der Waals surface area contributed by atoms with Crippen LogP contribution in [0.4, 0.5) is 5.82 Å². The fraction of sp³-hybridized carbons (Fsp3) is 0.474. The lowest BCUT2D eigenvalue weighted by atomic mass is 9.90. The summed E-state index contributed by atoms with van der Waals surface area (Å²) in [5, 5.41) is 1.01. The van der Waals surface area contributed by atoms with E-state index in [-0.39, 0.29) is 12.1 Å². The van der Waals surface area contributed by atoms with Gasteiger partial charge in [0.05, 0.1) is 25.1 Å². The molecule has 9 heteroatoms. The molecule has 2 aliphatic rings. The molecule has 1 saturated heterocycles. The van der Waals surface area contributed by atoms with Gasteiger partial charge in [-0.1, -0.05) is 0 Å². The molecule has 1 aliphatic carbocycles. The molecule has 8 nitrogen and oxygen atoms in total. The van der Waals surface area contributed by atoms with Crippen molar-refractivity contribution in [1.82, 2.24) is 14.5 Å². The van der Waals surface area contributed by atoms with Gasteiger partial charge < -0.3 is 15.4 Å². The van der Waals surface area contributed by atoms with Crippen molar-refractivity contribution in [3.63, 3.8) is 0 Å². The Morgan fingerprint density at radius 1 is 1.21 bits per heavy atom. The van der Waals surface area contributed by atoms with E-state index in [1.807, 2.05) is 0 Å². The number of pyridine rings is 1. The quantitative estimate of drug-likeness (QED) is 0.710. The third-order valence-corrected chi connectivity index (χ3v) is 6.59. The number of aromatic nitrogens is 3. The number of carbonyl (C=O) groups is 1. The van der Waals surface area contributed by atoms with Gasteiger partial charge in [-0.15, -0.1) is 11.3 Å². The van der Waals surface area contributed by atoms with Crippen LogP contribution in [0.5, 0.6) is 0 Å². The Morgan fingerprint density at radius 3 is 2.71 bits per heavy atom. The lowest BCUT2D eigenvalue weighted by molar-refractivity contribution is -0.118. The zero-order valence-corrected chi connectivity index (χ0v) is 16.3. The number of nitrogens with two attached hydrogens (primary N) is 1. The van der Waals surface area contributed by atoms with Crippen molar-refractivity contribution in [1.29, 1.82) is 0 Å². The average Bonchev–Trinajstić information content (AvgIpc) is 3.09. The SMILES string of the molecule is NC(=O)Cn1cnc2c(sc3nc(N4CCOCC4)c4c(c32)CCCC4)c1=O. The van der Waals surface area contributed by atoms with Gasteiger partial charge in [0.2, 0.25) is 5.91 Å². The van der Waals surface area contributed by atoms with Crippen LogP contribution in [0.25, 0.3) is 20.4 Å². The van der Waals surface area contributed by atoms with Gasteiger partial charge in [0.1, 0.15) is 21.9 Å². The number of amides is 1. The molecule has 0 atom stereocenters. The lowest BCUT2D eigenvalue weighted by Crippen LogP contribution is -2.37. The van der Waals surface area contributed by atoms with Crippen LogP contribution in [-0.2, 0) is 28.9 Å². The summed E-state index contributed by atoms with van der Waals surface area (Å²) < 4.78 is 7.32. The highest BCUT2D eigenvalue weighted by Crippen LogP contribution is 2.40. The molecule has 3 aromatic heterocycles. The van der Waals surface area contributed by atoms with Crippen LogP contribution >= 0.6 is 11.3 Å². The van der Waals surface area contributed by atoms with E-state index in [0.717, 1.165) is 54.8 Å². The van der Waals surface area contributed by atoms with E-state index >= 15 is 0 Å². The number of hydrogen-bond donors (Lipinski definition) is 1. The second-order valence-corrected chi connectivity index (χ2v) is 8.30. The predicted octanol–water partition coefficient (Wildman–Crippen LogP) is 1.21. The van der Waals surface area contributed by atoms with Crippen LogP contribution < -0.4 is 16.2 Å². The summed E-state index contributed by atoms with van der Waals surface area (Å²) >= 11 is 1.36. The van der Waals surface area contributed by atoms with Crippen molar-refractivity contribution in [3.05, 3.63) is 27.8 Å². The molecule has 0 saturated carbocycles. The Labute approximate surface area is 164 Å². The first-order valence-corrected chi connectivity index (χ1v) is 10.4. The van der Waals surface area contributed by atoms with Crippen molar-refractivity contribution in [2.75, 3.05) is 31.2 Å². The molecule has 0 spiro atoms. The second-order valence-electron chi connectivity index (χ2n) is 7.30. The molecule has 0 unspecified atom stereocenters. The highest BCUT2D eigenvalue weighted by molar-refractivity contribution is 7.25. The van der Waals surface area contributed by atoms with Crippen LogP contribution in [0, 0.1) is 0 Å². The molecule has 5 rings (SSSR count). The molecule has 4 heterocycles. The third-order valence-electron chi connectivity index (χ3n) is 5.53. The molecule has 1 aliphatic heterocycles. The Kier molecular flexibility index (Phi) is 4.28. The van der Waals surface area contributed by atoms with Crippen LogP contribution in [0.2, 0.25) is 0 Å². The van der Waals surface area contributed by atoms with Crippen LogP contribution in [0.1, 0.15) is 24.0 Å². The Hall–Kier alpha value is -2.52. The normalized spacial score (nSPS) is 17.2. The number of carbonyl (C=O) groups excluding carboxylic acids is 1. The van der Waals surface area contributed by atoms with E-state index in [4.69, 9.17) is 15.5 Å². The molecule has 0 aromatic carbocycles. The fourth-order valence-corrected chi connectivity index (χ4v) is 5.35. The Morgan fingerprint density at radius 2 is 1.96 bits per heavy atom. The first-order valence-electron chi connectivity index (χ1n) is 9.58. The summed E-state index contributed by atoms with van der Waals surface area (Å²) in [4.78, 5) is 36.8. The van der Waals surface area contributed by atoms with Gasteiger partial charge in [0, 0.05) is 18.5 Å². The van der Waals surface area contributed by atoms with Crippen molar-refractivity contribution in [2.45, 2.75) is 32.2 Å². The fourth-order valence-electron chi connectivity index (χ4n) is 4.25. The Balaban J connectivity index is 1.76. The summed E-state index contributed by atoms with van der Waals surface area (Å²) in [5.74, 6) is 0.476. The maximum Gasteiger partial charge on any atom is 0.271 e. The number of nitrogens with zero attached hydrogens (tertiary/aromatic N) is 4. The van der Waals surface area contributed by atoms with E-state index < -0.39 is 5.91 Å². The summed E-state index contributed by atoms with van der Waals surface area (Å²) in [6.45, 7) is 2.92. The van der Waals surface area contributed by atoms with Crippen LogP contribution in [0.3, 0.4) is 0 Å². The summed E-state index contributed by atoms with van der Waals surface area (Å²) in [5.41, 5.74) is 8.30. The van der Waals surface area contributed by atoms with Crippen LogP contribution in [-0.4, -0.2) is 46.7 Å². The number of rotatable bonds is 3. The standard InChI is InChI=1S/C19H21N5O3S/c20-13(25)9-24-10-21-15-14-11-3-1-2-4-12(11)17(23-5-7-27-8-6-23)22-18(14)28-16(15)19(24)26/h10H,1-9H2,(H2,20,25). The molecular formula is C19H21N5O3S. The highest BCUT2D eigenvalue weighted by Gasteiger charge is 2.26. The predicted molar refractivity (Wildman–Crippen MR) is 108 cm³/mol. The van der Waals surface area contributed by atoms with Gasteiger partial charge in [-0.05, 0) is 36.8 Å². The number of morpholine rings is 1. The minimum Gasteiger partial charge on any atom is -0.378 e. The zero-order valence-electron chi connectivity index (χ0n) is 15.4. The summed E-state index contributed by atoms with van der Waals surface area (Å²) in [7, 11) is 0. The Bertz CT molecular complexity index is 1150. The molecule has 2 N–H and O–H groups in total. The molecule has 0 bridgehead atoms. The number of anilines is 1. The summed E-state index contributed by atoms with van der Waals surface area (Å²) in [6.07, 6.45) is 5.68. The monoisotopic (exact) mass is 399 g/mol.